The highest BCUT2D eigenvalue weighted by atomic mass is 15.4. The molecule has 2 aromatic rings. The van der Waals surface area contributed by atoms with Gasteiger partial charge < -0.3 is 5.73 Å². The van der Waals surface area contributed by atoms with Gasteiger partial charge in [0.05, 0.1) is 24.5 Å². The Morgan fingerprint density at radius 1 is 1.26 bits per heavy atom. The number of hydrogen-bond donors (Lipinski definition) is 1. The molecule has 1 aromatic carbocycles. The van der Waals surface area contributed by atoms with Crippen LogP contribution in [0.2, 0.25) is 0 Å². The Balaban J connectivity index is 2.16. The van der Waals surface area contributed by atoms with Crippen molar-refractivity contribution >= 4 is 0 Å². The van der Waals surface area contributed by atoms with Crippen LogP contribution in [0.15, 0.2) is 24.4 Å². The SMILES string of the molecule is CCCC(N)c1cn(Cc2c(C)cccc2C)nn1. The summed E-state index contributed by atoms with van der Waals surface area (Å²) in [5.74, 6) is 0. The highest BCUT2D eigenvalue weighted by molar-refractivity contribution is 5.33. The molecule has 0 aliphatic heterocycles. The van der Waals surface area contributed by atoms with Crippen LogP contribution in [-0.2, 0) is 6.54 Å². The van der Waals surface area contributed by atoms with Crippen LogP contribution in [0.5, 0.6) is 0 Å². The van der Waals surface area contributed by atoms with Gasteiger partial charge in [0.15, 0.2) is 0 Å². The van der Waals surface area contributed by atoms with Crippen LogP contribution in [0.1, 0.15) is 48.2 Å². The average Bonchev–Trinajstić information content (AvgIpc) is 2.83. The van der Waals surface area contributed by atoms with Gasteiger partial charge in [-0.25, -0.2) is 4.68 Å². The van der Waals surface area contributed by atoms with E-state index in [1.165, 1.54) is 16.7 Å². The monoisotopic (exact) mass is 258 g/mol. The Kier molecular flexibility index (Phi) is 4.32. The Morgan fingerprint density at radius 3 is 2.58 bits per heavy atom. The molecule has 19 heavy (non-hydrogen) atoms. The molecule has 1 unspecified atom stereocenters. The quantitative estimate of drug-likeness (QED) is 0.897. The van der Waals surface area contributed by atoms with Crippen LogP contribution in [0.25, 0.3) is 0 Å². The molecule has 1 aromatic heterocycles. The fourth-order valence-electron chi connectivity index (χ4n) is 2.28. The van der Waals surface area contributed by atoms with Gasteiger partial charge in [-0.3, -0.25) is 0 Å². The van der Waals surface area contributed by atoms with Crippen molar-refractivity contribution in [3.05, 3.63) is 46.8 Å². The predicted molar refractivity (Wildman–Crippen MR) is 76.9 cm³/mol. The highest BCUT2D eigenvalue weighted by Crippen LogP contribution is 2.16. The maximum atomic E-state index is 6.06. The molecule has 102 valence electrons. The molecule has 4 nitrogen and oxygen atoms in total. The molecular formula is C15H22N4. The molecule has 0 fully saturated rings. The number of rotatable bonds is 5. The first-order valence-electron chi connectivity index (χ1n) is 6.82. The summed E-state index contributed by atoms with van der Waals surface area (Å²) in [6, 6.07) is 6.33. The minimum Gasteiger partial charge on any atom is -0.323 e. The van der Waals surface area contributed by atoms with Crippen molar-refractivity contribution in [1.29, 1.82) is 0 Å². The van der Waals surface area contributed by atoms with Gasteiger partial charge in [0.1, 0.15) is 0 Å². The maximum Gasteiger partial charge on any atom is 0.0994 e. The Morgan fingerprint density at radius 2 is 1.95 bits per heavy atom. The maximum absolute atomic E-state index is 6.06. The molecular weight excluding hydrogens is 236 g/mol. The van der Waals surface area contributed by atoms with E-state index < -0.39 is 0 Å². The lowest BCUT2D eigenvalue weighted by Crippen LogP contribution is -2.10. The summed E-state index contributed by atoms with van der Waals surface area (Å²) >= 11 is 0. The van der Waals surface area contributed by atoms with Crippen molar-refractivity contribution < 1.29 is 0 Å². The fraction of sp³-hybridized carbons (Fsp3) is 0.467. The Hall–Kier alpha value is -1.68. The van der Waals surface area contributed by atoms with Crippen LogP contribution >= 0.6 is 0 Å². The molecule has 4 heteroatoms. The number of hydrogen-bond acceptors (Lipinski definition) is 3. The van der Waals surface area contributed by atoms with Crippen LogP contribution in [-0.4, -0.2) is 15.0 Å². The Bertz CT molecular complexity index is 525. The third-order valence-electron chi connectivity index (χ3n) is 3.50. The summed E-state index contributed by atoms with van der Waals surface area (Å²) < 4.78 is 1.88. The van der Waals surface area contributed by atoms with Gasteiger partial charge >= 0.3 is 0 Å². The fourth-order valence-corrected chi connectivity index (χ4v) is 2.28. The summed E-state index contributed by atoms with van der Waals surface area (Å²) in [5, 5.41) is 8.36. The first-order chi connectivity index (χ1) is 9.11. The number of nitrogens with zero attached hydrogens (tertiary/aromatic N) is 3. The van der Waals surface area contributed by atoms with Crippen LogP contribution in [0, 0.1) is 13.8 Å². The van der Waals surface area contributed by atoms with E-state index in [4.69, 9.17) is 5.73 Å². The Labute approximate surface area is 114 Å². The molecule has 0 bridgehead atoms. The van der Waals surface area contributed by atoms with E-state index in [1.807, 2.05) is 10.9 Å². The van der Waals surface area contributed by atoms with Crippen molar-refractivity contribution in [2.45, 2.75) is 46.2 Å². The van der Waals surface area contributed by atoms with Crippen LogP contribution < -0.4 is 5.73 Å². The van der Waals surface area contributed by atoms with Gasteiger partial charge in [0.2, 0.25) is 0 Å². The zero-order valence-corrected chi connectivity index (χ0v) is 11.9. The molecule has 1 atom stereocenters. The van der Waals surface area contributed by atoms with Gasteiger partial charge in [-0.15, -0.1) is 5.10 Å². The van der Waals surface area contributed by atoms with E-state index >= 15 is 0 Å². The van der Waals surface area contributed by atoms with Gasteiger partial charge in [0.25, 0.3) is 0 Å². The molecule has 0 saturated carbocycles. The van der Waals surface area contributed by atoms with Crippen molar-refractivity contribution in [2.24, 2.45) is 5.73 Å². The summed E-state index contributed by atoms with van der Waals surface area (Å²) in [6.45, 7) is 7.14. The molecule has 0 amide bonds. The smallest absolute Gasteiger partial charge is 0.0994 e. The largest absolute Gasteiger partial charge is 0.323 e. The molecule has 2 N–H and O–H groups in total. The zero-order chi connectivity index (χ0) is 13.8. The third-order valence-corrected chi connectivity index (χ3v) is 3.50. The normalized spacial score (nSPS) is 12.6. The van der Waals surface area contributed by atoms with E-state index in [-0.39, 0.29) is 6.04 Å². The van der Waals surface area contributed by atoms with Gasteiger partial charge in [-0.1, -0.05) is 36.8 Å². The van der Waals surface area contributed by atoms with E-state index in [2.05, 4.69) is 49.3 Å². The summed E-state index contributed by atoms with van der Waals surface area (Å²) in [5.41, 5.74) is 10.8. The highest BCUT2D eigenvalue weighted by Gasteiger charge is 2.10. The van der Waals surface area contributed by atoms with Crippen molar-refractivity contribution in [2.75, 3.05) is 0 Å². The van der Waals surface area contributed by atoms with E-state index in [1.54, 1.807) is 0 Å². The molecule has 0 aliphatic carbocycles. The summed E-state index contributed by atoms with van der Waals surface area (Å²) in [4.78, 5) is 0. The minimum atomic E-state index is -0.00304. The molecule has 0 aliphatic rings. The summed E-state index contributed by atoms with van der Waals surface area (Å²) in [6.07, 6.45) is 3.97. The van der Waals surface area contributed by atoms with Crippen LogP contribution in [0.3, 0.4) is 0 Å². The predicted octanol–water partition coefficient (Wildman–Crippen LogP) is 2.74. The molecule has 0 spiro atoms. The van der Waals surface area contributed by atoms with Gasteiger partial charge in [-0.05, 0) is 37.0 Å². The first-order valence-corrected chi connectivity index (χ1v) is 6.82. The minimum absolute atomic E-state index is 0.00304. The lowest BCUT2D eigenvalue weighted by atomic mass is 10.0. The molecule has 0 saturated heterocycles. The number of aromatic nitrogens is 3. The topological polar surface area (TPSA) is 56.7 Å². The molecule has 1 heterocycles. The van der Waals surface area contributed by atoms with E-state index in [0.717, 1.165) is 25.1 Å². The second kappa shape index (κ2) is 5.97. The second-order valence-electron chi connectivity index (χ2n) is 5.11. The standard InChI is InChI=1S/C15H22N4/c1-4-6-14(16)15-10-19(18-17-15)9-13-11(2)7-5-8-12(13)3/h5,7-8,10,14H,4,6,9,16H2,1-3H3. The van der Waals surface area contributed by atoms with Crippen molar-refractivity contribution in [3.63, 3.8) is 0 Å². The number of benzene rings is 1. The summed E-state index contributed by atoms with van der Waals surface area (Å²) in [7, 11) is 0. The average molecular weight is 258 g/mol. The molecule has 2 rings (SSSR count). The lowest BCUT2D eigenvalue weighted by molar-refractivity contribution is 0.617. The van der Waals surface area contributed by atoms with Crippen molar-refractivity contribution in [3.8, 4) is 0 Å². The van der Waals surface area contributed by atoms with E-state index in [0.29, 0.717) is 0 Å². The number of aryl methyl sites for hydroxylation is 2. The van der Waals surface area contributed by atoms with Gasteiger partial charge in [-0.2, -0.15) is 0 Å². The zero-order valence-electron chi connectivity index (χ0n) is 11.9. The van der Waals surface area contributed by atoms with E-state index in [9.17, 15) is 0 Å². The molecule has 0 radical (unpaired) electrons. The van der Waals surface area contributed by atoms with Crippen LogP contribution in [0.4, 0.5) is 0 Å². The van der Waals surface area contributed by atoms with Crippen molar-refractivity contribution in [1.82, 2.24) is 15.0 Å². The third kappa shape index (κ3) is 3.20. The lowest BCUT2D eigenvalue weighted by Gasteiger charge is -2.09. The van der Waals surface area contributed by atoms with Gasteiger partial charge in [0, 0.05) is 0 Å². The number of nitrogens with two attached hydrogens (primary N) is 1. The first kappa shape index (κ1) is 13.7. The second-order valence-corrected chi connectivity index (χ2v) is 5.11.